The third-order valence-electron chi connectivity index (χ3n) is 2.56. The van der Waals surface area contributed by atoms with Gasteiger partial charge in [0.15, 0.2) is 0 Å². The summed E-state index contributed by atoms with van der Waals surface area (Å²) in [6, 6.07) is 0. The zero-order valence-electron chi connectivity index (χ0n) is 9.97. The van der Waals surface area contributed by atoms with E-state index in [1.54, 1.807) is 0 Å². The van der Waals surface area contributed by atoms with E-state index in [4.69, 9.17) is 0 Å². The van der Waals surface area contributed by atoms with Crippen molar-refractivity contribution in [3.8, 4) is 0 Å². The predicted molar refractivity (Wildman–Crippen MR) is 58.3 cm³/mol. The van der Waals surface area contributed by atoms with Crippen LogP contribution < -0.4 is 0 Å². The van der Waals surface area contributed by atoms with E-state index in [1.165, 1.54) is 0 Å². The number of nitrogens with zero attached hydrogens (tertiary/aromatic N) is 2. The highest BCUT2D eigenvalue weighted by molar-refractivity contribution is 4.76. The summed E-state index contributed by atoms with van der Waals surface area (Å²) in [5, 5.41) is 0. The topological polar surface area (TPSA) is 6.48 Å². The molecule has 2 nitrogen and oxygen atoms in total. The van der Waals surface area contributed by atoms with Crippen LogP contribution in [0.25, 0.3) is 0 Å². The van der Waals surface area contributed by atoms with Crippen LogP contribution in [-0.2, 0) is 0 Å². The summed E-state index contributed by atoms with van der Waals surface area (Å²) >= 11 is 0. The van der Waals surface area contributed by atoms with Crippen molar-refractivity contribution in [1.82, 2.24) is 9.80 Å². The SMILES string of the molecule is CC(C)(C)CN1CCN(CC(F)F)CC1. The van der Waals surface area contributed by atoms with Crippen LogP contribution in [0, 0.1) is 5.41 Å². The minimum Gasteiger partial charge on any atom is -0.300 e. The number of halogens is 2. The maximum Gasteiger partial charge on any atom is 0.251 e. The molecule has 0 bridgehead atoms. The van der Waals surface area contributed by atoms with Crippen LogP contribution in [0.3, 0.4) is 0 Å². The first-order chi connectivity index (χ1) is 6.87. The molecule has 1 aliphatic rings. The van der Waals surface area contributed by atoms with Gasteiger partial charge in [-0.05, 0) is 5.41 Å². The molecule has 0 spiro atoms. The minimum atomic E-state index is -2.20. The van der Waals surface area contributed by atoms with Crippen molar-refractivity contribution in [2.75, 3.05) is 39.3 Å². The van der Waals surface area contributed by atoms with Crippen LogP contribution in [0.5, 0.6) is 0 Å². The molecule has 0 aromatic heterocycles. The van der Waals surface area contributed by atoms with Gasteiger partial charge in [-0.15, -0.1) is 0 Å². The van der Waals surface area contributed by atoms with Crippen molar-refractivity contribution >= 4 is 0 Å². The minimum absolute atomic E-state index is 0.0661. The molecule has 90 valence electrons. The van der Waals surface area contributed by atoms with Crippen molar-refractivity contribution in [3.63, 3.8) is 0 Å². The highest BCUT2D eigenvalue weighted by Crippen LogP contribution is 2.16. The Morgan fingerprint density at radius 1 is 1.00 bits per heavy atom. The summed E-state index contributed by atoms with van der Waals surface area (Å²) in [5.74, 6) is 0. The molecule has 0 radical (unpaired) electrons. The van der Waals surface area contributed by atoms with Crippen LogP contribution in [0.2, 0.25) is 0 Å². The summed E-state index contributed by atoms with van der Waals surface area (Å²) in [4.78, 5) is 4.21. The molecule has 1 fully saturated rings. The van der Waals surface area contributed by atoms with Crippen LogP contribution in [0.1, 0.15) is 20.8 Å². The second kappa shape index (κ2) is 5.21. The third kappa shape index (κ3) is 5.42. The van der Waals surface area contributed by atoms with E-state index in [0.717, 1.165) is 32.7 Å². The molecule has 0 unspecified atom stereocenters. The molecule has 1 heterocycles. The lowest BCUT2D eigenvalue weighted by atomic mass is 9.96. The Hall–Kier alpha value is -0.220. The zero-order chi connectivity index (χ0) is 11.5. The average molecular weight is 220 g/mol. The van der Waals surface area contributed by atoms with Crippen molar-refractivity contribution in [1.29, 1.82) is 0 Å². The standard InChI is InChI=1S/C11H22F2N2/c1-11(2,3)9-15-6-4-14(5-7-15)8-10(12)13/h10H,4-9H2,1-3H3. The first kappa shape index (κ1) is 12.8. The maximum atomic E-state index is 12.1. The largest absolute Gasteiger partial charge is 0.300 e. The van der Waals surface area contributed by atoms with E-state index < -0.39 is 6.43 Å². The van der Waals surface area contributed by atoms with Gasteiger partial charge in [-0.3, -0.25) is 4.90 Å². The van der Waals surface area contributed by atoms with Crippen LogP contribution >= 0.6 is 0 Å². The van der Waals surface area contributed by atoms with E-state index >= 15 is 0 Å². The number of piperazine rings is 1. The Kier molecular flexibility index (Phi) is 4.46. The van der Waals surface area contributed by atoms with Gasteiger partial charge in [0.1, 0.15) is 0 Å². The maximum absolute atomic E-state index is 12.1. The van der Waals surface area contributed by atoms with Crippen molar-refractivity contribution < 1.29 is 8.78 Å². The van der Waals surface area contributed by atoms with Crippen LogP contribution in [0.4, 0.5) is 8.78 Å². The second-order valence-corrected chi connectivity index (χ2v) is 5.53. The zero-order valence-corrected chi connectivity index (χ0v) is 9.97. The Bertz CT molecular complexity index is 182. The summed E-state index contributed by atoms with van der Waals surface area (Å²) < 4.78 is 24.3. The molecule has 0 aliphatic carbocycles. The first-order valence-electron chi connectivity index (χ1n) is 5.60. The molecule has 1 rings (SSSR count). The second-order valence-electron chi connectivity index (χ2n) is 5.53. The molecular formula is C11H22F2N2. The average Bonchev–Trinajstić information content (AvgIpc) is 2.05. The Morgan fingerprint density at radius 3 is 1.87 bits per heavy atom. The molecule has 1 saturated heterocycles. The van der Waals surface area contributed by atoms with Gasteiger partial charge < -0.3 is 4.90 Å². The van der Waals surface area contributed by atoms with Crippen molar-refractivity contribution in [2.24, 2.45) is 5.41 Å². The Morgan fingerprint density at radius 2 is 1.47 bits per heavy atom. The van der Waals surface area contributed by atoms with Gasteiger partial charge in [0.25, 0.3) is 6.43 Å². The number of hydrogen-bond acceptors (Lipinski definition) is 2. The Labute approximate surface area is 91.2 Å². The van der Waals surface area contributed by atoms with Gasteiger partial charge in [0.2, 0.25) is 0 Å². The molecule has 0 aromatic carbocycles. The van der Waals surface area contributed by atoms with E-state index in [0.29, 0.717) is 5.41 Å². The highest BCUT2D eigenvalue weighted by Gasteiger charge is 2.22. The molecular weight excluding hydrogens is 198 g/mol. The van der Waals surface area contributed by atoms with Gasteiger partial charge in [0, 0.05) is 32.7 Å². The molecule has 0 atom stereocenters. The van der Waals surface area contributed by atoms with Crippen molar-refractivity contribution in [2.45, 2.75) is 27.2 Å². The number of hydrogen-bond donors (Lipinski definition) is 0. The fourth-order valence-electron chi connectivity index (χ4n) is 2.00. The first-order valence-corrected chi connectivity index (χ1v) is 5.60. The van der Waals surface area contributed by atoms with Gasteiger partial charge in [0.05, 0.1) is 6.54 Å². The van der Waals surface area contributed by atoms with Gasteiger partial charge in [-0.1, -0.05) is 20.8 Å². The van der Waals surface area contributed by atoms with E-state index in [1.807, 2.05) is 4.90 Å². The molecule has 0 aromatic rings. The van der Waals surface area contributed by atoms with E-state index in [2.05, 4.69) is 25.7 Å². The molecule has 4 heteroatoms. The van der Waals surface area contributed by atoms with Crippen LogP contribution in [-0.4, -0.2) is 55.5 Å². The lowest BCUT2D eigenvalue weighted by molar-refractivity contribution is 0.0473. The molecule has 15 heavy (non-hydrogen) atoms. The molecule has 0 N–H and O–H groups in total. The molecule has 1 aliphatic heterocycles. The van der Waals surface area contributed by atoms with Crippen LogP contribution in [0.15, 0.2) is 0 Å². The fraction of sp³-hybridized carbons (Fsp3) is 1.00. The highest BCUT2D eigenvalue weighted by atomic mass is 19.3. The molecule has 0 saturated carbocycles. The summed E-state index contributed by atoms with van der Waals surface area (Å²) in [6.45, 7) is 11.0. The van der Waals surface area contributed by atoms with E-state index in [9.17, 15) is 8.78 Å². The predicted octanol–water partition coefficient (Wildman–Crippen LogP) is 1.92. The fourth-order valence-corrected chi connectivity index (χ4v) is 2.00. The van der Waals surface area contributed by atoms with Gasteiger partial charge >= 0.3 is 0 Å². The smallest absolute Gasteiger partial charge is 0.251 e. The van der Waals surface area contributed by atoms with Crippen molar-refractivity contribution in [3.05, 3.63) is 0 Å². The summed E-state index contributed by atoms with van der Waals surface area (Å²) in [7, 11) is 0. The molecule has 0 amide bonds. The Balaban J connectivity index is 2.24. The quantitative estimate of drug-likeness (QED) is 0.717. The monoisotopic (exact) mass is 220 g/mol. The number of alkyl halides is 2. The summed E-state index contributed by atoms with van der Waals surface area (Å²) in [6.07, 6.45) is -2.20. The van der Waals surface area contributed by atoms with E-state index in [-0.39, 0.29) is 6.54 Å². The third-order valence-corrected chi connectivity index (χ3v) is 2.56. The lowest BCUT2D eigenvalue weighted by Crippen LogP contribution is -2.49. The lowest BCUT2D eigenvalue weighted by Gasteiger charge is -2.37. The summed E-state index contributed by atoms with van der Waals surface area (Å²) in [5.41, 5.74) is 0.297. The van der Waals surface area contributed by atoms with Gasteiger partial charge in [-0.25, -0.2) is 8.78 Å². The normalized spacial score (nSPS) is 21.2. The number of rotatable bonds is 3. The van der Waals surface area contributed by atoms with Gasteiger partial charge in [-0.2, -0.15) is 0 Å².